The Morgan fingerprint density at radius 2 is 2.15 bits per heavy atom. The Morgan fingerprint density at radius 1 is 1.45 bits per heavy atom. The van der Waals surface area contributed by atoms with Gasteiger partial charge >= 0.3 is 0 Å². The molecule has 0 saturated carbocycles. The third kappa shape index (κ3) is 2.85. The van der Waals surface area contributed by atoms with Crippen LogP contribution in [0.2, 0.25) is 0 Å². The van der Waals surface area contributed by atoms with Crippen LogP contribution in [-0.4, -0.2) is 17.3 Å². The molecule has 112 valence electrons. The minimum Gasteiger partial charge on any atom is -0.494 e. The minimum absolute atomic E-state index is 0.165. The van der Waals surface area contributed by atoms with Gasteiger partial charge in [-0.25, -0.2) is 0 Å². The highest BCUT2D eigenvalue weighted by atomic mass is 16.5. The van der Waals surface area contributed by atoms with Crippen molar-refractivity contribution >= 4 is 0 Å². The summed E-state index contributed by atoms with van der Waals surface area (Å²) in [6, 6.07) is 0. The largest absolute Gasteiger partial charge is 0.494 e. The van der Waals surface area contributed by atoms with E-state index in [1.807, 2.05) is 6.08 Å². The van der Waals surface area contributed by atoms with E-state index in [1.165, 1.54) is 5.57 Å². The summed E-state index contributed by atoms with van der Waals surface area (Å²) >= 11 is 0. The molecular weight excluding hydrogens is 248 g/mol. The molecule has 2 nitrogen and oxygen atoms in total. The first-order valence-corrected chi connectivity index (χ1v) is 7.87. The molecule has 0 bridgehead atoms. The van der Waals surface area contributed by atoms with Crippen molar-refractivity contribution in [3.63, 3.8) is 0 Å². The molecule has 6 unspecified atom stereocenters. The molecular formula is C18H28O2. The van der Waals surface area contributed by atoms with E-state index >= 15 is 0 Å². The van der Waals surface area contributed by atoms with Gasteiger partial charge in [-0.1, -0.05) is 52.5 Å². The molecule has 0 saturated heterocycles. The molecule has 2 aliphatic carbocycles. The van der Waals surface area contributed by atoms with Gasteiger partial charge in [0.15, 0.2) is 0 Å². The summed E-state index contributed by atoms with van der Waals surface area (Å²) in [5, 5.41) is 10.1. The van der Waals surface area contributed by atoms with E-state index in [0.717, 1.165) is 18.6 Å². The number of allylic oxidation sites excluding steroid dienone is 2. The summed E-state index contributed by atoms with van der Waals surface area (Å²) < 4.78 is 6.20. The van der Waals surface area contributed by atoms with Gasteiger partial charge in [0.2, 0.25) is 0 Å². The summed E-state index contributed by atoms with van der Waals surface area (Å²) in [7, 11) is 0. The monoisotopic (exact) mass is 276 g/mol. The molecule has 1 N–H and O–H groups in total. The molecule has 20 heavy (non-hydrogen) atoms. The summed E-state index contributed by atoms with van der Waals surface area (Å²) in [4.78, 5) is 0. The zero-order chi connectivity index (χ0) is 14.9. The van der Waals surface area contributed by atoms with Crippen LogP contribution < -0.4 is 0 Å². The fraction of sp³-hybridized carbons (Fsp3) is 0.667. The average Bonchev–Trinajstić information content (AvgIpc) is 2.43. The van der Waals surface area contributed by atoms with Gasteiger partial charge in [-0.05, 0) is 23.8 Å². The molecule has 0 aromatic heterocycles. The van der Waals surface area contributed by atoms with Crippen LogP contribution >= 0.6 is 0 Å². The Balaban J connectivity index is 2.18. The molecule has 2 rings (SSSR count). The van der Waals surface area contributed by atoms with Crippen LogP contribution in [0.4, 0.5) is 0 Å². The van der Waals surface area contributed by atoms with Gasteiger partial charge in [0, 0.05) is 18.3 Å². The smallest absolute Gasteiger partial charge is 0.109 e. The standard InChI is InChI=1S/C18H28O2/c1-6-11(2)14(5)20-17-9-7-8-15-10-16(19)12(3)13(4)18(15)17/h7-8,10-13,16-19H,5-6,9H2,1-4H3. The molecule has 0 radical (unpaired) electrons. The molecule has 0 aliphatic heterocycles. The highest BCUT2D eigenvalue weighted by Gasteiger charge is 2.40. The van der Waals surface area contributed by atoms with E-state index < -0.39 is 0 Å². The van der Waals surface area contributed by atoms with Gasteiger partial charge in [-0.15, -0.1) is 0 Å². The summed E-state index contributed by atoms with van der Waals surface area (Å²) in [5.74, 6) is 2.37. The van der Waals surface area contributed by atoms with Crippen molar-refractivity contribution in [1.29, 1.82) is 0 Å². The summed E-state index contributed by atoms with van der Waals surface area (Å²) in [6.45, 7) is 12.8. The van der Waals surface area contributed by atoms with Gasteiger partial charge in [0.05, 0.1) is 11.9 Å². The summed E-state index contributed by atoms with van der Waals surface area (Å²) in [5.41, 5.74) is 1.23. The average molecular weight is 276 g/mol. The Morgan fingerprint density at radius 3 is 2.80 bits per heavy atom. The second kappa shape index (κ2) is 6.17. The first kappa shape index (κ1) is 15.4. The van der Waals surface area contributed by atoms with Crippen molar-refractivity contribution in [2.45, 2.75) is 52.7 Å². The van der Waals surface area contributed by atoms with Crippen molar-refractivity contribution < 1.29 is 9.84 Å². The van der Waals surface area contributed by atoms with Crippen LogP contribution in [0.15, 0.2) is 36.1 Å². The maximum atomic E-state index is 10.1. The van der Waals surface area contributed by atoms with Crippen LogP contribution in [0.25, 0.3) is 0 Å². The van der Waals surface area contributed by atoms with Gasteiger partial charge in [0.1, 0.15) is 6.10 Å². The third-order valence-corrected chi connectivity index (χ3v) is 5.23. The van der Waals surface area contributed by atoms with E-state index in [2.05, 4.69) is 46.4 Å². The number of aliphatic hydroxyl groups excluding tert-OH is 1. The quantitative estimate of drug-likeness (QED) is 0.784. The molecule has 0 amide bonds. The van der Waals surface area contributed by atoms with Crippen molar-refractivity contribution in [2.75, 3.05) is 0 Å². The van der Waals surface area contributed by atoms with E-state index in [4.69, 9.17) is 4.74 Å². The molecule has 2 heteroatoms. The van der Waals surface area contributed by atoms with Gasteiger partial charge in [-0.3, -0.25) is 0 Å². The molecule has 0 spiro atoms. The Bertz CT molecular complexity index is 421. The number of fused-ring (bicyclic) bond motifs is 1. The molecule has 0 aromatic rings. The Kier molecular flexibility index (Phi) is 4.74. The number of rotatable bonds is 4. The Hall–Kier alpha value is -1.02. The fourth-order valence-electron chi connectivity index (χ4n) is 3.27. The van der Waals surface area contributed by atoms with Crippen molar-refractivity contribution in [3.8, 4) is 0 Å². The maximum absolute atomic E-state index is 10.1. The highest BCUT2D eigenvalue weighted by molar-refractivity contribution is 5.31. The predicted molar refractivity (Wildman–Crippen MR) is 83.1 cm³/mol. The van der Waals surface area contributed by atoms with Gasteiger partial charge in [0.25, 0.3) is 0 Å². The molecule has 6 atom stereocenters. The zero-order valence-corrected chi connectivity index (χ0v) is 13.2. The number of aliphatic hydroxyl groups is 1. The van der Waals surface area contributed by atoms with Crippen LogP contribution in [0.1, 0.15) is 40.5 Å². The van der Waals surface area contributed by atoms with Crippen molar-refractivity contribution in [3.05, 3.63) is 36.1 Å². The first-order valence-electron chi connectivity index (χ1n) is 7.87. The zero-order valence-electron chi connectivity index (χ0n) is 13.2. The van der Waals surface area contributed by atoms with Crippen LogP contribution in [-0.2, 0) is 4.74 Å². The summed E-state index contributed by atoms with van der Waals surface area (Å²) in [6.07, 6.45) is 8.14. The van der Waals surface area contributed by atoms with E-state index in [-0.39, 0.29) is 18.1 Å². The normalized spacial score (nSPS) is 37.9. The number of ether oxygens (including phenoxy) is 1. The molecule has 0 aromatic carbocycles. The first-order chi connectivity index (χ1) is 9.45. The lowest BCUT2D eigenvalue weighted by Gasteiger charge is -2.42. The van der Waals surface area contributed by atoms with E-state index in [1.54, 1.807) is 0 Å². The predicted octanol–water partition coefficient (Wildman–Crippen LogP) is 4.08. The lowest BCUT2D eigenvalue weighted by Crippen LogP contribution is -2.41. The SMILES string of the molecule is C=C(OC1CC=CC2=CC(O)C(C)C(C)C21)C(C)CC. The lowest BCUT2D eigenvalue weighted by atomic mass is 9.67. The van der Waals surface area contributed by atoms with E-state index in [9.17, 15) is 5.11 Å². The highest BCUT2D eigenvalue weighted by Crippen LogP contribution is 2.42. The lowest BCUT2D eigenvalue weighted by molar-refractivity contribution is 0.00681. The van der Waals surface area contributed by atoms with Gasteiger partial charge < -0.3 is 9.84 Å². The maximum Gasteiger partial charge on any atom is 0.109 e. The van der Waals surface area contributed by atoms with Gasteiger partial charge in [-0.2, -0.15) is 0 Å². The Labute approximate surface area is 123 Å². The second-order valence-electron chi connectivity index (χ2n) is 6.47. The molecule has 0 fully saturated rings. The van der Waals surface area contributed by atoms with Crippen molar-refractivity contribution in [2.24, 2.45) is 23.7 Å². The fourth-order valence-corrected chi connectivity index (χ4v) is 3.27. The molecule has 2 aliphatic rings. The van der Waals surface area contributed by atoms with Crippen LogP contribution in [0, 0.1) is 23.7 Å². The van der Waals surface area contributed by atoms with Crippen LogP contribution in [0.5, 0.6) is 0 Å². The molecule has 0 heterocycles. The topological polar surface area (TPSA) is 29.5 Å². The third-order valence-electron chi connectivity index (χ3n) is 5.23. The van der Waals surface area contributed by atoms with Crippen LogP contribution in [0.3, 0.4) is 0 Å². The number of hydrogen-bond donors (Lipinski definition) is 1. The van der Waals surface area contributed by atoms with Crippen molar-refractivity contribution in [1.82, 2.24) is 0 Å². The second-order valence-corrected chi connectivity index (χ2v) is 6.47. The minimum atomic E-state index is -0.336. The van der Waals surface area contributed by atoms with E-state index in [0.29, 0.717) is 17.8 Å². The number of hydrogen-bond acceptors (Lipinski definition) is 2.